The van der Waals surface area contributed by atoms with Gasteiger partial charge in [0.15, 0.2) is 0 Å². The maximum atomic E-state index is 12.5. The van der Waals surface area contributed by atoms with E-state index < -0.39 is 5.91 Å². The fraction of sp³-hybridized carbons (Fsp3) is 0.105. The molecule has 138 valence electrons. The fourth-order valence-electron chi connectivity index (χ4n) is 2.48. The summed E-state index contributed by atoms with van der Waals surface area (Å²) in [6, 6.07) is 11.4. The summed E-state index contributed by atoms with van der Waals surface area (Å²) in [6.45, 7) is 0.414. The van der Waals surface area contributed by atoms with E-state index in [9.17, 15) is 9.59 Å². The number of H-pyrrole nitrogens is 1. The average Bonchev–Trinajstić information content (AvgIpc) is 3.15. The minimum atomic E-state index is -0.424. The number of imidazole rings is 1. The molecule has 0 bridgehead atoms. The van der Waals surface area contributed by atoms with Crippen molar-refractivity contribution in [1.29, 1.82) is 0 Å². The molecule has 0 aliphatic heterocycles. The highest BCUT2D eigenvalue weighted by atomic mass is 35.5. The maximum Gasteiger partial charge on any atom is 0.257 e. The van der Waals surface area contributed by atoms with Crippen LogP contribution in [-0.4, -0.2) is 28.3 Å². The zero-order chi connectivity index (χ0) is 19.2. The van der Waals surface area contributed by atoms with Crippen LogP contribution in [0.5, 0.6) is 0 Å². The third-order valence-corrected chi connectivity index (χ3v) is 4.35. The monoisotopic (exact) mass is 402 g/mol. The van der Waals surface area contributed by atoms with Crippen molar-refractivity contribution in [1.82, 2.24) is 15.3 Å². The number of hydrogen-bond donors (Lipinski definition) is 3. The van der Waals surface area contributed by atoms with E-state index in [-0.39, 0.29) is 16.5 Å². The van der Waals surface area contributed by atoms with Crippen LogP contribution in [0.25, 0.3) is 0 Å². The molecule has 0 saturated heterocycles. The van der Waals surface area contributed by atoms with Gasteiger partial charge in [-0.25, -0.2) is 4.98 Å². The maximum absolute atomic E-state index is 12.5. The van der Waals surface area contributed by atoms with Crippen molar-refractivity contribution in [3.8, 4) is 0 Å². The number of carbonyl (C=O) groups excluding carboxylic acids is 2. The molecule has 0 unspecified atom stereocenters. The normalized spacial score (nSPS) is 10.4. The summed E-state index contributed by atoms with van der Waals surface area (Å²) in [7, 11) is 0. The zero-order valence-electron chi connectivity index (χ0n) is 14.1. The SMILES string of the molecule is O=C(Nc1ccccc1C(=O)NCCc1ncc[nH]1)c1ccc(Cl)cc1Cl. The molecular weight excluding hydrogens is 387 g/mol. The summed E-state index contributed by atoms with van der Waals surface area (Å²) >= 11 is 11.9. The Balaban J connectivity index is 1.69. The number of nitrogens with one attached hydrogen (secondary N) is 3. The molecule has 1 aromatic heterocycles. The second-order valence-electron chi connectivity index (χ2n) is 5.67. The number of halogens is 2. The van der Waals surface area contributed by atoms with Gasteiger partial charge < -0.3 is 15.6 Å². The fourth-order valence-corrected chi connectivity index (χ4v) is 2.97. The van der Waals surface area contributed by atoms with Crippen LogP contribution in [0, 0.1) is 0 Å². The summed E-state index contributed by atoms with van der Waals surface area (Å²) in [5.74, 6) is 0.0708. The molecule has 0 atom stereocenters. The summed E-state index contributed by atoms with van der Waals surface area (Å²) < 4.78 is 0. The third-order valence-electron chi connectivity index (χ3n) is 3.80. The molecule has 0 saturated carbocycles. The van der Waals surface area contributed by atoms with Gasteiger partial charge in [0.2, 0.25) is 0 Å². The molecule has 8 heteroatoms. The van der Waals surface area contributed by atoms with E-state index in [2.05, 4.69) is 20.6 Å². The molecular formula is C19H16Cl2N4O2. The number of rotatable bonds is 6. The smallest absolute Gasteiger partial charge is 0.257 e. The number of benzene rings is 2. The van der Waals surface area contributed by atoms with E-state index in [1.165, 1.54) is 12.1 Å². The molecule has 0 spiro atoms. The van der Waals surface area contributed by atoms with Gasteiger partial charge in [-0.05, 0) is 30.3 Å². The summed E-state index contributed by atoms with van der Waals surface area (Å²) in [5, 5.41) is 6.22. The molecule has 2 aromatic carbocycles. The quantitative estimate of drug-likeness (QED) is 0.583. The van der Waals surface area contributed by atoms with E-state index in [0.717, 1.165) is 5.82 Å². The highest BCUT2D eigenvalue weighted by molar-refractivity contribution is 6.37. The van der Waals surface area contributed by atoms with Crippen molar-refractivity contribution < 1.29 is 9.59 Å². The second kappa shape index (κ2) is 8.70. The largest absolute Gasteiger partial charge is 0.352 e. The van der Waals surface area contributed by atoms with Crippen molar-refractivity contribution in [2.75, 3.05) is 11.9 Å². The number of aromatic nitrogens is 2. The first-order valence-electron chi connectivity index (χ1n) is 8.16. The van der Waals surface area contributed by atoms with E-state index in [0.29, 0.717) is 29.2 Å². The topological polar surface area (TPSA) is 86.9 Å². The lowest BCUT2D eigenvalue weighted by Gasteiger charge is -2.12. The lowest BCUT2D eigenvalue weighted by atomic mass is 10.1. The summed E-state index contributed by atoms with van der Waals surface area (Å²) in [4.78, 5) is 32.1. The molecule has 3 N–H and O–H groups in total. The van der Waals surface area contributed by atoms with Crippen LogP contribution >= 0.6 is 23.2 Å². The molecule has 0 radical (unpaired) electrons. The van der Waals surface area contributed by atoms with Gasteiger partial charge in [0.25, 0.3) is 11.8 Å². The Kier molecular flexibility index (Phi) is 6.11. The van der Waals surface area contributed by atoms with Gasteiger partial charge in [-0.2, -0.15) is 0 Å². The summed E-state index contributed by atoms with van der Waals surface area (Å²) in [5.41, 5.74) is 1.02. The van der Waals surface area contributed by atoms with E-state index in [1.54, 1.807) is 42.7 Å². The Bertz CT molecular complexity index is 958. The third kappa shape index (κ3) is 4.87. The highest BCUT2D eigenvalue weighted by Gasteiger charge is 2.16. The minimum Gasteiger partial charge on any atom is -0.352 e. The minimum absolute atomic E-state index is 0.236. The van der Waals surface area contributed by atoms with Crippen molar-refractivity contribution in [3.05, 3.63) is 81.9 Å². The zero-order valence-corrected chi connectivity index (χ0v) is 15.6. The molecule has 0 fully saturated rings. The molecule has 3 rings (SSSR count). The van der Waals surface area contributed by atoms with Gasteiger partial charge >= 0.3 is 0 Å². The van der Waals surface area contributed by atoms with Crippen LogP contribution in [0.15, 0.2) is 54.9 Å². The molecule has 1 heterocycles. The number of nitrogens with zero attached hydrogens (tertiary/aromatic N) is 1. The number of hydrogen-bond acceptors (Lipinski definition) is 3. The van der Waals surface area contributed by atoms with Crippen molar-refractivity contribution in [3.63, 3.8) is 0 Å². The lowest BCUT2D eigenvalue weighted by molar-refractivity contribution is 0.0955. The average molecular weight is 403 g/mol. The van der Waals surface area contributed by atoms with Crippen LogP contribution in [0.2, 0.25) is 10.0 Å². The van der Waals surface area contributed by atoms with Crippen LogP contribution in [0.4, 0.5) is 5.69 Å². The number of anilines is 1. The standard InChI is InChI=1S/C19H16Cl2N4O2/c20-12-5-6-13(15(21)11-12)19(27)25-16-4-2-1-3-14(16)18(26)24-8-7-17-22-9-10-23-17/h1-6,9-11H,7-8H2,(H,22,23)(H,24,26)(H,25,27). The first kappa shape index (κ1) is 18.9. The Labute approximate surface area is 165 Å². The van der Waals surface area contributed by atoms with E-state index in [4.69, 9.17) is 23.2 Å². The number of aromatic amines is 1. The van der Waals surface area contributed by atoms with Crippen LogP contribution in [0.3, 0.4) is 0 Å². The molecule has 6 nitrogen and oxygen atoms in total. The molecule has 0 aliphatic rings. The van der Waals surface area contributed by atoms with Gasteiger partial charge in [-0.15, -0.1) is 0 Å². The predicted octanol–water partition coefficient (Wildman–Crippen LogP) is 3.94. The van der Waals surface area contributed by atoms with Crippen molar-refractivity contribution in [2.45, 2.75) is 6.42 Å². The van der Waals surface area contributed by atoms with Crippen molar-refractivity contribution in [2.24, 2.45) is 0 Å². The highest BCUT2D eigenvalue weighted by Crippen LogP contribution is 2.23. The molecule has 27 heavy (non-hydrogen) atoms. The number of carbonyl (C=O) groups is 2. The van der Waals surface area contributed by atoms with Crippen LogP contribution < -0.4 is 10.6 Å². The van der Waals surface area contributed by atoms with Gasteiger partial charge in [-0.3, -0.25) is 9.59 Å². The Morgan fingerprint density at radius 1 is 1.04 bits per heavy atom. The van der Waals surface area contributed by atoms with Crippen LogP contribution in [0.1, 0.15) is 26.5 Å². The van der Waals surface area contributed by atoms with Gasteiger partial charge in [0.05, 0.1) is 21.8 Å². The van der Waals surface area contributed by atoms with Gasteiger partial charge in [0, 0.05) is 30.4 Å². The van der Waals surface area contributed by atoms with Crippen molar-refractivity contribution >= 4 is 40.7 Å². The number of para-hydroxylation sites is 1. The Hall–Kier alpha value is -2.83. The van der Waals surface area contributed by atoms with Crippen LogP contribution in [-0.2, 0) is 6.42 Å². The van der Waals surface area contributed by atoms with Gasteiger partial charge in [0.1, 0.15) is 5.82 Å². The first-order chi connectivity index (χ1) is 13.0. The predicted molar refractivity (Wildman–Crippen MR) is 105 cm³/mol. The van der Waals surface area contributed by atoms with E-state index >= 15 is 0 Å². The lowest BCUT2D eigenvalue weighted by Crippen LogP contribution is -2.27. The first-order valence-corrected chi connectivity index (χ1v) is 8.92. The summed E-state index contributed by atoms with van der Waals surface area (Å²) in [6.07, 6.45) is 3.96. The second-order valence-corrected chi connectivity index (χ2v) is 6.51. The molecule has 0 aliphatic carbocycles. The molecule has 2 amide bonds. The van der Waals surface area contributed by atoms with Gasteiger partial charge in [-0.1, -0.05) is 35.3 Å². The molecule has 3 aromatic rings. The number of amides is 2. The Morgan fingerprint density at radius 3 is 2.59 bits per heavy atom. The van der Waals surface area contributed by atoms with E-state index in [1.807, 2.05) is 0 Å². The Morgan fingerprint density at radius 2 is 1.85 bits per heavy atom.